The normalized spacial score (nSPS) is 35.4. The lowest BCUT2D eigenvalue weighted by molar-refractivity contribution is -0.129. The number of nitrogens with one attached hydrogen (secondary N) is 1. The smallest absolute Gasteiger partial charge is 0.240 e. The molecule has 0 saturated heterocycles. The van der Waals surface area contributed by atoms with Crippen LogP contribution in [0.3, 0.4) is 0 Å². The van der Waals surface area contributed by atoms with E-state index in [2.05, 4.69) is 10.5 Å². The fourth-order valence-corrected chi connectivity index (χ4v) is 5.56. The van der Waals surface area contributed by atoms with E-state index in [4.69, 9.17) is 4.42 Å². The number of hydrogen-bond donors (Lipinski definition) is 1. The van der Waals surface area contributed by atoms with E-state index >= 15 is 0 Å². The maximum absolute atomic E-state index is 12.3. The van der Waals surface area contributed by atoms with Crippen molar-refractivity contribution in [3.63, 3.8) is 0 Å². The summed E-state index contributed by atoms with van der Waals surface area (Å²) in [6.45, 7) is 0. The van der Waals surface area contributed by atoms with Gasteiger partial charge >= 0.3 is 0 Å². The minimum Gasteiger partial charge on any atom is -0.465 e. The Balaban J connectivity index is 1.29. The highest BCUT2D eigenvalue weighted by molar-refractivity contribution is 5.81. The van der Waals surface area contributed by atoms with Gasteiger partial charge in [0.25, 0.3) is 0 Å². The van der Waals surface area contributed by atoms with Gasteiger partial charge in [-0.1, -0.05) is 0 Å². The van der Waals surface area contributed by atoms with Gasteiger partial charge in [-0.05, 0) is 86.0 Å². The zero-order valence-corrected chi connectivity index (χ0v) is 13.4. The summed E-state index contributed by atoms with van der Waals surface area (Å²) in [4.78, 5) is 12.3. The number of hydrazone groups is 1. The third-order valence-electron chi connectivity index (χ3n) is 5.85. The lowest BCUT2D eigenvalue weighted by Gasteiger charge is -2.56. The molecule has 1 amide bonds. The van der Waals surface area contributed by atoms with Gasteiger partial charge in [-0.25, -0.2) is 5.43 Å². The maximum atomic E-state index is 12.3. The molecular formula is C19H24N2O2. The molecule has 4 bridgehead atoms. The predicted molar refractivity (Wildman–Crippen MR) is 89.6 cm³/mol. The van der Waals surface area contributed by atoms with Crippen molar-refractivity contribution in [3.05, 3.63) is 30.2 Å². The largest absolute Gasteiger partial charge is 0.465 e. The summed E-state index contributed by atoms with van der Waals surface area (Å²) >= 11 is 0. The molecule has 1 aromatic heterocycles. The zero-order valence-electron chi connectivity index (χ0n) is 13.4. The van der Waals surface area contributed by atoms with E-state index in [0.717, 1.165) is 23.5 Å². The van der Waals surface area contributed by atoms with Crippen LogP contribution in [0, 0.1) is 23.2 Å². The number of nitrogens with zero attached hydrogens (tertiary/aromatic N) is 1. The van der Waals surface area contributed by atoms with Gasteiger partial charge in [0.1, 0.15) is 5.76 Å². The lowest BCUT2D eigenvalue weighted by Crippen LogP contribution is -2.47. The van der Waals surface area contributed by atoms with Crippen molar-refractivity contribution in [1.82, 2.24) is 5.43 Å². The number of rotatable bonds is 5. The van der Waals surface area contributed by atoms with Gasteiger partial charge in [0, 0.05) is 12.6 Å². The number of allylic oxidation sites excluding steroid dienone is 1. The molecule has 4 fully saturated rings. The summed E-state index contributed by atoms with van der Waals surface area (Å²) in [7, 11) is 0. The molecule has 4 heteroatoms. The average Bonchev–Trinajstić information content (AvgIpc) is 2.98. The van der Waals surface area contributed by atoms with Crippen molar-refractivity contribution in [2.75, 3.05) is 0 Å². The zero-order chi connectivity index (χ0) is 15.7. The molecule has 4 saturated carbocycles. The fourth-order valence-electron chi connectivity index (χ4n) is 5.56. The van der Waals surface area contributed by atoms with Crippen LogP contribution in [0.1, 0.15) is 50.7 Å². The molecule has 0 aliphatic heterocycles. The first kappa shape index (κ1) is 14.7. The van der Waals surface area contributed by atoms with Crippen LogP contribution in [0.2, 0.25) is 0 Å². The lowest BCUT2D eigenvalue weighted by atomic mass is 9.49. The van der Waals surface area contributed by atoms with Crippen LogP contribution in [0.25, 0.3) is 6.08 Å². The highest BCUT2D eigenvalue weighted by Crippen LogP contribution is 2.61. The van der Waals surface area contributed by atoms with E-state index in [9.17, 15) is 4.79 Å². The number of amides is 1. The predicted octanol–water partition coefficient (Wildman–Crippen LogP) is 4.00. The van der Waals surface area contributed by atoms with E-state index in [-0.39, 0.29) is 11.3 Å². The van der Waals surface area contributed by atoms with Crippen LogP contribution in [-0.4, -0.2) is 12.1 Å². The summed E-state index contributed by atoms with van der Waals surface area (Å²) in [5, 5.41) is 4.02. The fraction of sp³-hybridized carbons (Fsp3) is 0.579. The molecular weight excluding hydrogens is 288 g/mol. The molecule has 23 heavy (non-hydrogen) atoms. The Labute approximate surface area is 137 Å². The molecule has 4 nitrogen and oxygen atoms in total. The monoisotopic (exact) mass is 312 g/mol. The van der Waals surface area contributed by atoms with Crippen LogP contribution in [0.5, 0.6) is 0 Å². The highest BCUT2D eigenvalue weighted by Gasteiger charge is 2.51. The van der Waals surface area contributed by atoms with Gasteiger partial charge in [-0.15, -0.1) is 0 Å². The van der Waals surface area contributed by atoms with Crippen LogP contribution in [0.15, 0.2) is 34.0 Å². The summed E-state index contributed by atoms with van der Waals surface area (Å²) in [6, 6.07) is 3.71. The molecule has 0 radical (unpaired) electrons. The van der Waals surface area contributed by atoms with Gasteiger partial charge in [0.15, 0.2) is 0 Å². The molecule has 0 aromatic carbocycles. The van der Waals surface area contributed by atoms with Crippen molar-refractivity contribution in [1.29, 1.82) is 0 Å². The molecule has 0 atom stereocenters. The van der Waals surface area contributed by atoms with Crippen molar-refractivity contribution in [2.24, 2.45) is 28.3 Å². The molecule has 1 heterocycles. The Kier molecular flexibility index (Phi) is 3.83. The molecule has 122 valence electrons. The van der Waals surface area contributed by atoms with E-state index in [1.165, 1.54) is 38.5 Å². The number of furan rings is 1. The minimum absolute atomic E-state index is 0.0644. The minimum atomic E-state index is 0.0644. The van der Waals surface area contributed by atoms with Crippen LogP contribution in [0.4, 0.5) is 0 Å². The van der Waals surface area contributed by atoms with Crippen LogP contribution >= 0.6 is 0 Å². The quantitative estimate of drug-likeness (QED) is 0.660. The van der Waals surface area contributed by atoms with Crippen molar-refractivity contribution >= 4 is 18.2 Å². The molecule has 0 spiro atoms. The maximum Gasteiger partial charge on any atom is 0.240 e. The molecule has 1 N–H and O–H groups in total. The van der Waals surface area contributed by atoms with Gasteiger partial charge < -0.3 is 4.42 Å². The van der Waals surface area contributed by atoms with E-state index < -0.39 is 0 Å². The molecule has 1 aromatic rings. The topological polar surface area (TPSA) is 54.6 Å². The van der Waals surface area contributed by atoms with Gasteiger partial charge in [-0.3, -0.25) is 4.79 Å². The summed E-state index contributed by atoms with van der Waals surface area (Å²) in [5.41, 5.74) is 2.96. The Morgan fingerprint density at radius 1 is 1.26 bits per heavy atom. The summed E-state index contributed by atoms with van der Waals surface area (Å²) < 4.78 is 5.18. The number of hydrogen-bond acceptors (Lipinski definition) is 3. The third kappa shape index (κ3) is 3.26. The van der Waals surface area contributed by atoms with Gasteiger partial charge in [0.2, 0.25) is 5.91 Å². The Morgan fingerprint density at radius 2 is 1.96 bits per heavy atom. The van der Waals surface area contributed by atoms with Gasteiger partial charge in [0.05, 0.1) is 6.26 Å². The van der Waals surface area contributed by atoms with Crippen molar-refractivity contribution in [2.45, 2.75) is 44.9 Å². The average molecular weight is 312 g/mol. The molecule has 0 unspecified atom stereocenters. The molecule has 4 aliphatic rings. The standard InChI is InChI=1S/C19H24N2O2/c22-18(21-20-5-1-3-17-4-2-6-23-17)13-19-10-14-7-15(11-19)9-16(8-14)12-19/h1-6,14-16H,7-13H2,(H,21,22)/b3-1+,20-5?. The first-order valence-corrected chi connectivity index (χ1v) is 8.73. The third-order valence-corrected chi connectivity index (χ3v) is 5.85. The first-order chi connectivity index (χ1) is 11.2. The second-order valence-corrected chi connectivity index (χ2v) is 7.78. The summed E-state index contributed by atoms with van der Waals surface area (Å²) in [6.07, 6.45) is 15.5. The summed E-state index contributed by atoms with van der Waals surface area (Å²) in [5.74, 6) is 3.49. The second kappa shape index (κ2) is 5.99. The Morgan fingerprint density at radius 3 is 2.57 bits per heavy atom. The molecule has 5 rings (SSSR count). The van der Waals surface area contributed by atoms with Gasteiger partial charge in [-0.2, -0.15) is 5.10 Å². The van der Waals surface area contributed by atoms with Crippen molar-refractivity contribution < 1.29 is 9.21 Å². The van der Waals surface area contributed by atoms with E-state index in [0.29, 0.717) is 6.42 Å². The number of carbonyl (C=O) groups is 1. The second-order valence-electron chi connectivity index (χ2n) is 7.78. The van der Waals surface area contributed by atoms with E-state index in [1.807, 2.05) is 18.2 Å². The molecule has 4 aliphatic carbocycles. The highest BCUT2D eigenvalue weighted by atomic mass is 16.3. The van der Waals surface area contributed by atoms with Crippen LogP contribution in [-0.2, 0) is 4.79 Å². The Bertz CT molecular complexity index is 580. The van der Waals surface area contributed by atoms with Crippen LogP contribution < -0.4 is 5.43 Å². The van der Waals surface area contributed by atoms with E-state index in [1.54, 1.807) is 18.6 Å². The van der Waals surface area contributed by atoms with Crippen molar-refractivity contribution in [3.8, 4) is 0 Å². The Hall–Kier alpha value is -1.84. The first-order valence-electron chi connectivity index (χ1n) is 8.73. The SMILES string of the molecule is O=C(CC12CC3CC(CC(C3)C1)C2)NN=C/C=C/c1ccco1. The number of carbonyl (C=O) groups excluding carboxylic acids is 1.